The Kier molecular flexibility index (Phi) is 3.47. The molecule has 1 aliphatic rings. The molecule has 0 saturated heterocycles. The number of hydrogen-bond donors (Lipinski definition) is 0. The van der Waals surface area contributed by atoms with Crippen LogP contribution in [0.4, 0.5) is 0 Å². The summed E-state index contributed by atoms with van der Waals surface area (Å²) < 4.78 is 6.45. The third kappa shape index (κ3) is 2.53. The summed E-state index contributed by atoms with van der Waals surface area (Å²) in [6, 6.07) is 17.1. The summed E-state index contributed by atoms with van der Waals surface area (Å²) in [6.07, 6.45) is 3.27. The molecule has 0 amide bonds. The second-order valence-electron chi connectivity index (χ2n) is 6.77. The number of rotatable bonds is 2. The monoisotopic (exact) mass is 413 g/mol. The molecular weight excluding hydrogens is 402 g/mol. The third-order valence-corrected chi connectivity index (χ3v) is 7.12. The maximum absolute atomic E-state index is 12.9. The number of Topliss-reactive ketones (excluding diaryl/α,β-unsaturated/α-hetero) is 2. The van der Waals surface area contributed by atoms with Crippen molar-refractivity contribution < 1.29 is 14.0 Å². The van der Waals surface area contributed by atoms with Crippen LogP contribution in [-0.4, -0.2) is 16.6 Å². The van der Waals surface area contributed by atoms with Gasteiger partial charge in [0, 0.05) is 11.1 Å². The lowest BCUT2D eigenvalue weighted by Gasteiger charge is -2.00. The zero-order valence-electron chi connectivity index (χ0n) is 14.8. The lowest BCUT2D eigenvalue weighted by Crippen LogP contribution is -1.99. The number of carbonyl (C=O) groups is 2. The second kappa shape index (κ2) is 6.07. The van der Waals surface area contributed by atoms with Crippen molar-refractivity contribution in [2.24, 2.45) is 0 Å². The van der Waals surface area contributed by atoms with Crippen LogP contribution in [0.25, 0.3) is 37.0 Å². The van der Waals surface area contributed by atoms with Gasteiger partial charge in [0.25, 0.3) is 0 Å². The average molecular weight is 413 g/mol. The topological polar surface area (TPSA) is 60.2 Å². The van der Waals surface area contributed by atoms with Crippen molar-refractivity contribution in [1.29, 1.82) is 0 Å². The molecule has 0 unspecified atom stereocenters. The molecule has 29 heavy (non-hydrogen) atoms. The van der Waals surface area contributed by atoms with E-state index < -0.39 is 0 Å². The van der Waals surface area contributed by atoms with Gasteiger partial charge in [0.05, 0.1) is 21.4 Å². The van der Waals surface area contributed by atoms with Gasteiger partial charge in [-0.3, -0.25) is 9.59 Å². The summed E-state index contributed by atoms with van der Waals surface area (Å²) in [7, 11) is 0. The van der Waals surface area contributed by atoms with Gasteiger partial charge < -0.3 is 4.42 Å². The zero-order valence-corrected chi connectivity index (χ0v) is 16.5. The molecule has 0 aliphatic heterocycles. The Morgan fingerprint density at radius 2 is 1.59 bits per heavy atom. The normalized spacial score (nSPS) is 13.6. The van der Waals surface area contributed by atoms with Crippen LogP contribution in [0, 0.1) is 0 Å². The van der Waals surface area contributed by atoms with Gasteiger partial charge in [-0.15, -0.1) is 22.7 Å². The van der Waals surface area contributed by atoms with Gasteiger partial charge in [-0.25, -0.2) is 4.98 Å². The van der Waals surface area contributed by atoms with E-state index in [4.69, 9.17) is 4.42 Å². The standard InChI is InChI=1S/C23H11NO3S2/c25-21-14-8-12-4-1-2-5-13(12)9-15(14)22(26)16(21)10-20-24-23-19(28-20)11-18(29-23)17-6-3-7-27-17/h1-11H. The highest BCUT2D eigenvalue weighted by molar-refractivity contribution is 7.29. The minimum Gasteiger partial charge on any atom is -0.464 e. The van der Waals surface area contributed by atoms with E-state index in [2.05, 4.69) is 4.98 Å². The number of benzene rings is 2. The number of nitrogens with zero attached hydrogens (tertiary/aromatic N) is 1. The molecule has 0 N–H and O–H groups in total. The van der Waals surface area contributed by atoms with Crippen LogP contribution in [0.15, 0.2) is 70.9 Å². The van der Waals surface area contributed by atoms with Crippen LogP contribution in [0.2, 0.25) is 0 Å². The molecule has 3 heterocycles. The quantitative estimate of drug-likeness (QED) is 0.254. The molecule has 138 valence electrons. The summed E-state index contributed by atoms with van der Waals surface area (Å²) in [5.74, 6) is 0.347. The molecule has 3 aromatic heterocycles. The Morgan fingerprint density at radius 1 is 0.862 bits per heavy atom. The van der Waals surface area contributed by atoms with Crippen molar-refractivity contribution in [3.05, 3.63) is 82.6 Å². The van der Waals surface area contributed by atoms with Crippen molar-refractivity contribution in [2.45, 2.75) is 0 Å². The summed E-state index contributed by atoms with van der Waals surface area (Å²) in [5, 5.41) is 2.56. The van der Waals surface area contributed by atoms with Crippen LogP contribution in [0.5, 0.6) is 0 Å². The molecular formula is C23H11NO3S2. The SMILES string of the molecule is O=C1C(=Cc2nc3sc(-c4ccco4)cc3s2)C(=O)c2cc3ccccc3cc21. The fourth-order valence-corrected chi connectivity index (χ4v) is 5.75. The maximum atomic E-state index is 12.9. The van der Waals surface area contributed by atoms with E-state index in [9.17, 15) is 9.59 Å². The summed E-state index contributed by atoms with van der Waals surface area (Å²) >= 11 is 3.00. The van der Waals surface area contributed by atoms with Gasteiger partial charge in [-0.05, 0) is 47.2 Å². The molecule has 1 aliphatic carbocycles. The number of carbonyl (C=O) groups excluding carboxylic acids is 2. The molecule has 0 radical (unpaired) electrons. The number of hydrogen-bond acceptors (Lipinski definition) is 6. The molecule has 6 heteroatoms. The van der Waals surface area contributed by atoms with Crippen molar-refractivity contribution in [3.63, 3.8) is 0 Å². The lowest BCUT2D eigenvalue weighted by atomic mass is 10.0. The first-order valence-corrected chi connectivity index (χ1v) is 10.6. The lowest BCUT2D eigenvalue weighted by molar-refractivity contribution is 0.0990. The Morgan fingerprint density at radius 3 is 2.21 bits per heavy atom. The molecule has 2 aromatic carbocycles. The summed E-state index contributed by atoms with van der Waals surface area (Å²) in [6.45, 7) is 0. The second-order valence-corrected chi connectivity index (χ2v) is 8.86. The number of allylic oxidation sites excluding steroid dienone is 1. The van der Waals surface area contributed by atoms with E-state index in [-0.39, 0.29) is 17.1 Å². The molecule has 0 bridgehead atoms. The number of furan rings is 1. The number of ketones is 2. The summed E-state index contributed by atoms with van der Waals surface area (Å²) in [5.41, 5.74) is 1.12. The largest absolute Gasteiger partial charge is 0.464 e. The molecule has 0 fully saturated rings. The predicted octanol–water partition coefficient (Wildman–Crippen LogP) is 6.23. The first-order chi connectivity index (χ1) is 14.2. The van der Waals surface area contributed by atoms with Gasteiger partial charge in [0.1, 0.15) is 15.6 Å². The van der Waals surface area contributed by atoms with Crippen LogP contribution in [-0.2, 0) is 0 Å². The van der Waals surface area contributed by atoms with Gasteiger partial charge in [-0.1, -0.05) is 24.3 Å². The fraction of sp³-hybridized carbons (Fsp3) is 0. The number of fused-ring (bicyclic) bond motifs is 3. The predicted molar refractivity (Wildman–Crippen MR) is 116 cm³/mol. The number of thiophene rings is 1. The van der Waals surface area contributed by atoms with E-state index in [0.717, 1.165) is 30.9 Å². The molecule has 6 rings (SSSR count). The molecule has 0 atom stereocenters. The van der Waals surface area contributed by atoms with Crippen molar-refractivity contribution in [1.82, 2.24) is 4.98 Å². The minimum absolute atomic E-state index is 0.183. The van der Waals surface area contributed by atoms with E-state index in [1.54, 1.807) is 12.3 Å². The Hall–Kier alpha value is -3.35. The minimum atomic E-state index is -0.231. The Balaban J connectivity index is 1.41. The number of aromatic nitrogens is 1. The van der Waals surface area contributed by atoms with Gasteiger partial charge in [0.2, 0.25) is 0 Å². The van der Waals surface area contributed by atoms with Crippen molar-refractivity contribution in [3.8, 4) is 10.6 Å². The first-order valence-electron chi connectivity index (χ1n) is 8.95. The van der Waals surface area contributed by atoms with Crippen LogP contribution in [0.1, 0.15) is 25.7 Å². The van der Waals surface area contributed by atoms with Crippen LogP contribution >= 0.6 is 22.7 Å². The van der Waals surface area contributed by atoms with E-state index in [1.165, 1.54) is 22.7 Å². The van der Waals surface area contributed by atoms with Crippen LogP contribution in [0.3, 0.4) is 0 Å². The van der Waals surface area contributed by atoms with Gasteiger partial charge in [-0.2, -0.15) is 0 Å². The highest BCUT2D eigenvalue weighted by Gasteiger charge is 2.33. The Bertz CT molecular complexity index is 1400. The summed E-state index contributed by atoms with van der Waals surface area (Å²) in [4.78, 5) is 32.3. The smallest absolute Gasteiger partial charge is 0.197 e. The highest BCUT2D eigenvalue weighted by atomic mass is 32.1. The van der Waals surface area contributed by atoms with Crippen molar-refractivity contribution in [2.75, 3.05) is 0 Å². The average Bonchev–Trinajstić information content (AvgIpc) is 3.48. The highest BCUT2D eigenvalue weighted by Crippen LogP contribution is 2.38. The van der Waals surface area contributed by atoms with Crippen LogP contribution < -0.4 is 0 Å². The molecule has 0 spiro atoms. The van der Waals surface area contributed by atoms with Crippen molar-refractivity contribution >= 4 is 60.6 Å². The van der Waals surface area contributed by atoms with E-state index in [0.29, 0.717) is 16.1 Å². The van der Waals surface area contributed by atoms with Gasteiger partial charge in [0.15, 0.2) is 11.6 Å². The molecule has 5 aromatic rings. The maximum Gasteiger partial charge on any atom is 0.197 e. The third-order valence-electron chi connectivity index (χ3n) is 5.00. The fourth-order valence-electron chi connectivity index (χ4n) is 3.62. The van der Waals surface area contributed by atoms with E-state index in [1.807, 2.05) is 54.6 Å². The molecule has 0 saturated carbocycles. The molecule has 4 nitrogen and oxygen atoms in total. The number of thiazole rings is 1. The van der Waals surface area contributed by atoms with E-state index >= 15 is 0 Å². The van der Waals surface area contributed by atoms with Gasteiger partial charge >= 0.3 is 0 Å². The first kappa shape index (κ1) is 16.6. The zero-order chi connectivity index (χ0) is 19.5. The Labute approximate surface area is 172 Å².